The highest BCUT2D eigenvalue weighted by Crippen LogP contribution is 2.47. The minimum Gasteiger partial charge on any atom is -0.497 e. The summed E-state index contributed by atoms with van der Waals surface area (Å²) in [6, 6.07) is 18.2. The average Bonchev–Trinajstić information content (AvgIpc) is 3.22. The van der Waals surface area contributed by atoms with E-state index in [9.17, 15) is 10.1 Å². The van der Waals surface area contributed by atoms with Gasteiger partial charge in [-0.3, -0.25) is 9.69 Å². The van der Waals surface area contributed by atoms with Gasteiger partial charge in [0.2, 0.25) is 0 Å². The lowest BCUT2D eigenvalue weighted by Crippen LogP contribution is -2.60. The van der Waals surface area contributed by atoms with Gasteiger partial charge in [0.15, 0.2) is 0 Å². The molecule has 5 nitrogen and oxygen atoms in total. The molecule has 0 spiro atoms. The maximum atomic E-state index is 13.5. The fourth-order valence-corrected chi connectivity index (χ4v) is 5.69. The maximum absolute atomic E-state index is 13.5. The molecule has 2 bridgehead atoms. The molecule has 0 aromatic heterocycles. The normalized spacial score (nSPS) is 29.9. The topological polar surface area (TPSA) is 56.6 Å². The molecule has 4 aliphatic heterocycles. The lowest BCUT2D eigenvalue weighted by Gasteiger charge is -2.51. The minimum atomic E-state index is 0.0573. The molecular formula is C24H25N3O2. The number of hydrogen-bond acceptors (Lipinski definition) is 4. The van der Waals surface area contributed by atoms with Crippen molar-refractivity contribution in [1.82, 2.24) is 9.80 Å². The summed E-state index contributed by atoms with van der Waals surface area (Å²) in [6.07, 6.45) is 2.33. The number of methoxy groups -OCH3 is 1. The van der Waals surface area contributed by atoms with Crippen LogP contribution in [0.4, 0.5) is 0 Å². The van der Waals surface area contributed by atoms with Crippen LogP contribution in [0.2, 0.25) is 0 Å². The SMILES string of the molecule is COc1ccc([C@@H]2CN(C(=O)c3cccc(C#N)c3)[C@@H]3C4CCN(CC4)[C@@H]32)cc1. The van der Waals surface area contributed by atoms with Crippen molar-refractivity contribution in [2.75, 3.05) is 26.7 Å². The predicted octanol–water partition coefficient (Wildman–Crippen LogP) is 3.27. The first kappa shape index (κ1) is 18.2. The third kappa shape index (κ3) is 2.99. The van der Waals surface area contributed by atoms with Crippen molar-refractivity contribution >= 4 is 5.91 Å². The van der Waals surface area contributed by atoms with E-state index in [1.165, 1.54) is 18.4 Å². The summed E-state index contributed by atoms with van der Waals surface area (Å²) < 4.78 is 5.33. The molecule has 4 fully saturated rings. The Morgan fingerprint density at radius 2 is 1.86 bits per heavy atom. The van der Waals surface area contributed by atoms with Crippen molar-refractivity contribution in [2.45, 2.75) is 30.8 Å². The van der Waals surface area contributed by atoms with Crippen molar-refractivity contribution < 1.29 is 9.53 Å². The summed E-state index contributed by atoms with van der Waals surface area (Å²) in [5, 5.41) is 9.22. The Morgan fingerprint density at radius 1 is 1.10 bits per heavy atom. The summed E-state index contributed by atoms with van der Waals surface area (Å²) in [5.74, 6) is 1.78. The standard InChI is InChI=1S/C24H25N3O2/c1-29-20-7-5-17(6-8-20)21-15-27(22-18-9-11-26(12-10-18)23(21)22)24(28)19-4-2-3-16(13-19)14-25/h2-8,13,18,21-23H,9-12,15H2,1H3/t21-,22+,23+/m0/s1. The van der Waals surface area contributed by atoms with E-state index >= 15 is 0 Å². The minimum absolute atomic E-state index is 0.0573. The van der Waals surface area contributed by atoms with Crippen LogP contribution in [-0.4, -0.2) is 54.5 Å². The number of amides is 1. The molecule has 0 N–H and O–H groups in total. The van der Waals surface area contributed by atoms with E-state index < -0.39 is 0 Å². The zero-order chi connectivity index (χ0) is 20.0. The third-order valence-corrected chi connectivity index (χ3v) is 7.04. The molecular weight excluding hydrogens is 362 g/mol. The van der Waals surface area contributed by atoms with E-state index in [0.29, 0.717) is 29.0 Å². The number of nitrogens with zero attached hydrogens (tertiary/aromatic N) is 3. The fourth-order valence-electron chi connectivity index (χ4n) is 5.69. The number of ether oxygens (including phenoxy) is 1. The molecule has 0 aliphatic carbocycles. The van der Waals surface area contributed by atoms with Crippen LogP contribution in [0, 0.1) is 17.2 Å². The van der Waals surface area contributed by atoms with Gasteiger partial charge in [0.25, 0.3) is 5.91 Å². The molecule has 148 valence electrons. The quantitative estimate of drug-likeness (QED) is 0.811. The smallest absolute Gasteiger partial charge is 0.254 e. The molecule has 2 aromatic rings. The average molecular weight is 387 g/mol. The molecule has 4 aliphatic rings. The van der Waals surface area contributed by atoms with Gasteiger partial charge < -0.3 is 9.64 Å². The molecule has 29 heavy (non-hydrogen) atoms. The van der Waals surface area contributed by atoms with Gasteiger partial charge in [-0.15, -0.1) is 0 Å². The third-order valence-electron chi connectivity index (χ3n) is 7.04. The number of benzene rings is 2. The zero-order valence-electron chi connectivity index (χ0n) is 16.6. The number of carbonyl (C=O) groups is 1. The summed E-state index contributed by atoms with van der Waals surface area (Å²) in [4.78, 5) is 18.2. The first-order valence-corrected chi connectivity index (χ1v) is 10.4. The van der Waals surface area contributed by atoms with Gasteiger partial charge in [0.05, 0.1) is 24.8 Å². The van der Waals surface area contributed by atoms with Gasteiger partial charge in [-0.05, 0) is 67.7 Å². The van der Waals surface area contributed by atoms with Crippen LogP contribution in [-0.2, 0) is 0 Å². The molecule has 2 aromatic carbocycles. The first-order chi connectivity index (χ1) is 14.2. The predicted molar refractivity (Wildman–Crippen MR) is 110 cm³/mol. The van der Waals surface area contributed by atoms with E-state index in [4.69, 9.17) is 4.74 Å². The van der Waals surface area contributed by atoms with Crippen LogP contribution in [0.1, 0.15) is 40.2 Å². The first-order valence-electron chi connectivity index (χ1n) is 10.4. The Hall–Kier alpha value is -2.84. The monoisotopic (exact) mass is 387 g/mol. The largest absolute Gasteiger partial charge is 0.497 e. The highest BCUT2D eigenvalue weighted by atomic mass is 16.5. The van der Waals surface area contributed by atoms with Crippen LogP contribution in [0.15, 0.2) is 48.5 Å². The van der Waals surface area contributed by atoms with Gasteiger partial charge in [-0.25, -0.2) is 0 Å². The van der Waals surface area contributed by atoms with E-state index in [2.05, 4.69) is 28.0 Å². The second kappa shape index (κ2) is 7.20. The Morgan fingerprint density at radius 3 is 2.55 bits per heavy atom. The van der Waals surface area contributed by atoms with E-state index in [1.807, 2.05) is 18.2 Å². The summed E-state index contributed by atoms with van der Waals surface area (Å²) in [7, 11) is 1.68. The van der Waals surface area contributed by atoms with Crippen LogP contribution < -0.4 is 4.74 Å². The number of nitriles is 1. The molecule has 4 saturated heterocycles. The Kier molecular flexibility index (Phi) is 4.52. The summed E-state index contributed by atoms with van der Waals surface area (Å²) in [5.41, 5.74) is 2.43. The van der Waals surface area contributed by atoms with E-state index in [1.54, 1.807) is 25.3 Å². The number of carbonyl (C=O) groups excluding carboxylic acids is 1. The number of likely N-dealkylation sites (tertiary alicyclic amines) is 1. The van der Waals surface area contributed by atoms with E-state index in [-0.39, 0.29) is 11.9 Å². The lowest BCUT2D eigenvalue weighted by atomic mass is 9.75. The van der Waals surface area contributed by atoms with Crippen molar-refractivity contribution in [3.63, 3.8) is 0 Å². The molecule has 0 radical (unpaired) electrons. The van der Waals surface area contributed by atoms with Crippen LogP contribution in [0.3, 0.4) is 0 Å². The van der Waals surface area contributed by atoms with Crippen molar-refractivity contribution in [3.05, 3.63) is 65.2 Å². The second-order valence-electron chi connectivity index (χ2n) is 8.38. The van der Waals surface area contributed by atoms with Crippen LogP contribution in [0.25, 0.3) is 0 Å². The highest BCUT2D eigenvalue weighted by Gasteiger charge is 2.54. The van der Waals surface area contributed by atoms with Gasteiger partial charge in [0, 0.05) is 24.1 Å². The van der Waals surface area contributed by atoms with Crippen molar-refractivity contribution in [1.29, 1.82) is 5.26 Å². The highest BCUT2D eigenvalue weighted by molar-refractivity contribution is 5.95. The van der Waals surface area contributed by atoms with Gasteiger partial charge in [-0.1, -0.05) is 18.2 Å². The van der Waals surface area contributed by atoms with Gasteiger partial charge in [-0.2, -0.15) is 5.26 Å². The number of hydrogen-bond donors (Lipinski definition) is 0. The fraction of sp³-hybridized carbons (Fsp3) is 0.417. The maximum Gasteiger partial charge on any atom is 0.254 e. The Bertz CT molecular complexity index is 957. The van der Waals surface area contributed by atoms with Crippen LogP contribution >= 0.6 is 0 Å². The number of rotatable bonds is 3. The summed E-state index contributed by atoms with van der Waals surface area (Å²) >= 11 is 0. The Balaban J connectivity index is 1.50. The molecule has 6 rings (SSSR count). The number of piperidine rings is 3. The Labute approximate surface area is 171 Å². The molecule has 3 atom stereocenters. The van der Waals surface area contributed by atoms with Gasteiger partial charge in [0.1, 0.15) is 5.75 Å². The molecule has 4 heterocycles. The molecule has 0 saturated carbocycles. The number of fused-ring (bicyclic) bond motifs is 2. The second-order valence-corrected chi connectivity index (χ2v) is 8.38. The van der Waals surface area contributed by atoms with Gasteiger partial charge >= 0.3 is 0 Å². The lowest BCUT2D eigenvalue weighted by molar-refractivity contribution is -0.00340. The molecule has 0 unspecified atom stereocenters. The van der Waals surface area contributed by atoms with Crippen molar-refractivity contribution in [3.8, 4) is 11.8 Å². The van der Waals surface area contributed by atoms with E-state index in [0.717, 1.165) is 25.4 Å². The summed E-state index contributed by atoms with van der Waals surface area (Å²) in [6.45, 7) is 2.99. The van der Waals surface area contributed by atoms with Crippen molar-refractivity contribution in [2.24, 2.45) is 5.92 Å². The molecule has 1 amide bonds. The zero-order valence-corrected chi connectivity index (χ0v) is 16.6. The molecule has 5 heteroatoms. The van der Waals surface area contributed by atoms with Crippen LogP contribution in [0.5, 0.6) is 5.75 Å².